The highest BCUT2D eigenvalue weighted by Gasteiger charge is 2.37. The molecule has 1 aromatic carbocycles. The van der Waals surface area contributed by atoms with E-state index >= 15 is 0 Å². The molecule has 2 aliphatic rings. The van der Waals surface area contributed by atoms with Gasteiger partial charge in [0.15, 0.2) is 0 Å². The molecule has 0 fully saturated rings. The van der Waals surface area contributed by atoms with Crippen LogP contribution in [0, 0.1) is 0 Å². The monoisotopic (exact) mass is 348 g/mol. The first-order chi connectivity index (χ1) is 12.5. The summed E-state index contributed by atoms with van der Waals surface area (Å²) in [6.45, 7) is 3.81. The van der Waals surface area contributed by atoms with Crippen molar-refractivity contribution >= 4 is 11.9 Å². The molecule has 0 N–H and O–H groups in total. The number of hydrogen-bond donors (Lipinski definition) is 0. The second kappa shape index (κ2) is 4.91. The first-order valence-electron chi connectivity index (χ1n) is 8.36. The maximum Gasteiger partial charge on any atom is 0.279 e. The zero-order valence-electron chi connectivity index (χ0n) is 14.6. The Labute approximate surface area is 148 Å². The zero-order valence-corrected chi connectivity index (χ0v) is 14.6. The Morgan fingerprint density at radius 2 is 2.12 bits per heavy atom. The molecule has 1 aliphatic heterocycles. The van der Waals surface area contributed by atoms with Gasteiger partial charge in [-0.2, -0.15) is 9.61 Å². The smallest absolute Gasteiger partial charge is 0.279 e. The van der Waals surface area contributed by atoms with E-state index in [1.165, 1.54) is 4.52 Å². The van der Waals surface area contributed by atoms with Crippen LogP contribution in [0.15, 0.2) is 29.1 Å². The first kappa shape index (κ1) is 15.1. The van der Waals surface area contributed by atoms with Crippen molar-refractivity contribution in [2.75, 3.05) is 7.11 Å². The van der Waals surface area contributed by atoms with E-state index in [4.69, 9.17) is 9.47 Å². The van der Waals surface area contributed by atoms with Gasteiger partial charge < -0.3 is 9.47 Å². The highest BCUT2D eigenvalue weighted by atomic mass is 16.5. The van der Waals surface area contributed by atoms with Crippen molar-refractivity contribution in [3.8, 4) is 22.8 Å². The summed E-state index contributed by atoms with van der Waals surface area (Å²) in [5, 5.41) is 4.58. The van der Waals surface area contributed by atoms with E-state index in [-0.39, 0.29) is 5.56 Å². The van der Waals surface area contributed by atoms with Gasteiger partial charge in [0.2, 0.25) is 0 Å². The predicted molar refractivity (Wildman–Crippen MR) is 95.4 cm³/mol. The van der Waals surface area contributed by atoms with Crippen LogP contribution >= 0.6 is 0 Å². The van der Waals surface area contributed by atoms with Gasteiger partial charge in [-0.25, -0.2) is 9.97 Å². The van der Waals surface area contributed by atoms with E-state index in [9.17, 15) is 4.79 Å². The molecule has 130 valence electrons. The predicted octanol–water partition coefficient (Wildman–Crippen LogP) is 2.36. The van der Waals surface area contributed by atoms with Crippen LogP contribution in [0.1, 0.15) is 30.8 Å². The minimum absolute atomic E-state index is 0.179. The Morgan fingerprint density at radius 1 is 1.27 bits per heavy atom. The SMILES string of the molecule is COc1ccc2c(c1)OC(C)(C)c1nn3c(=O)c4c(nc3nc1-2)C=CC4. The summed E-state index contributed by atoms with van der Waals surface area (Å²) in [6, 6.07) is 5.57. The second-order valence-corrected chi connectivity index (χ2v) is 6.88. The summed E-state index contributed by atoms with van der Waals surface area (Å²) < 4.78 is 12.7. The van der Waals surface area contributed by atoms with Gasteiger partial charge in [0, 0.05) is 17.2 Å². The molecule has 0 amide bonds. The van der Waals surface area contributed by atoms with Crippen molar-refractivity contribution in [1.82, 2.24) is 19.6 Å². The highest BCUT2D eigenvalue weighted by Crippen LogP contribution is 2.44. The number of allylic oxidation sites excluding steroid dienone is 1. The minimum atomic E-state index is -0.743. The lowest BCUT2D eigenvalue weighted by Crippen LogP contribution is -2.34. The number of nitrogens with zero attached hydrogens (tertiary/aromatic N) is 4. The van der Waals surface area contributed by atoms with Crippen LogP contribution in [-0.4, -0.2) is 26.7 Å². The molecule has 0 unspecified atom stereocenters. The Kier molecular flexibility index (Phi) is 2.84. The fraction of sp³-hybridized carbons (Fsp3) is 0.263. The molecule has 1 aliphatic carbocycles. The topological polar surface area (TPSA) is 78.6 Å². The number of methoxy groups -OCH3 is 1. The molecule has 0 atom stereocenters. The molecule has 0 bridgehead atoms. The molecule has 7 heteroatoms. The first-order valence-corrected chi connectivity index (χ1v) is 8.36. The molecule has 0 spiro atoms. The summed E-state index contributed by atoms with van der Waals surface area (Å²) in [5.41, 5.74) is 2.49. The van der Waals surface area contributed by atoms with Crippen LogP contribution in [-0.2, 0) is 12.0 Å². The molecule has 5 rings (SSSR count). The van der Waals surface area contributed by atoms with E-state index in [1.54, 1.807) is 7.11 Å². The van der Waals surface area contributed by atoms with E-state index in [0.717, 1.165) is 5.56 Å². The molecule has 3 heterocycles. The van der Waals surface area contributed by atoms with Crippen molar-refractivity contribution in [3.05, 3.63) is 51.6 Å². The fourth-order valence-corrected chi connectivity index (χ4v) is 3.46. The normalized spacial score (nSPS) is 16.0. The van der Waals surface area contributed by atoms with Crippen LogP contribution in [0.4, 0.5) is 0 Å². The summed E-state index contributed by atoms with van der Waals surface area (Å²) in [6.07, 6.45) is 4.35. The standard InChI is InChI=1S/C19H16N4O3/c1-19(2)16-15(12-8-7-10(25-3)9-14(12)26-19)21-18-20-13-6-4-5-11(13)17(24)23(18)22-16/h4,6-9H,5H2,1-3H3. The average molecular weight is 348 g/mol. The third-order valence-electron chi connectivity index (χ3n) is 4.78. The Balaban J connectivity index is 1.85. The second-order valence-electron chi connectivity index (χ2n) is 6.88. The van der Waals surface area contributed by atoms with Crippen LogP contribution < -0.4 is 15.0 Å². The van der Waals surface area contributed by atoms with Crippen LogP contribution in [0.2, 0.25) is 0 Å². The number of hydrogen-bond acceptors (Lipinski definition) is 6. The molecule has 2 aromatic heterocycles. The maximum atomic E-state index is 12.8. The lowest BCUT2D eigenvalue weighted by Gasteiger charge is -2.33. The molecule has 26 heavy (non-hydrogen) atoms. The average Bonchev–Trinajstić information content (AvgIpc) is 3.08. The highest BCUT2D eigenvalue weighted by molar-refractivity contribution is 5.74. The summed E-state index contributed by atoms with van der Waals surface area (Å²) in [5.74, 6) is 1.66. The fourth-order valence-electron chi connectivity index (χ4n) is 3.46. The van der Waals surface area contributed by atoms with Crippen molar-refractivity contribution in [3.63, 3.8) is 0 Å². The maximum absolute atomic E-state index is 12.8. The molecule has 0 saturated heterocycles. The number of rotatable bonds is 1. The molecular formula is C19H16N4O3. The lowest BCUT2D eigenvalue weighted by molar-refractivity contribution is 0.0979. The van der Waals surface area contributed by atoms with Gasteiger partial charge in [-0.3, -0.25) is 4.79 Å². The van der Waals surface area contributed by atoms with Crippen LogP contribution in [0.25, 0.3) is 23.1 Å². The van der Waals surface area contributed by atoms with Crippen molar-refractivity contribution in [1.29, 1.82) is 0 Å². The van der Waals surface area contributed by atoms with Gasteiger partial charge in [-0.1, -0.05) is 6.08 Å². The Morgan fingerprint density at radius 3 is 2.92 bits per heavy atom. The van der Waals surface area contributed by atoms with Gasteiger partial charge in [0.1, 0.15) is 28.5 Å². The molecule has 0 saturated carbocycles. The van der Waals surface area contributed by atoms with Gasteiger partial charge in [-0.05, 0) is 38.5 Å². The number of benzene rings is 1. The van der Waals surface area contributed by atoms with E-state index in [2.05, 4.69) is 15.1 Å². The lowest BCUT2D eigenvalue weighted by atomic mass is 9.94. The number of ether oxygens (including phenoxy) is 2. The van der Waals surface area contributed by atoms with Crippen LogP contribution in [0.3, 0.4) is 0 Å². The largest absolute Gasteiger partial charge is 0.497 e. The van der Waals surface area contributed by atoms with Gasteiger partial charge in [-0.15, -0.1) is 0 Å². The molecular weight excluding hydrogens is 332 g/mol. The van der Waals surface area contributed by atoms with Crippen LogP contribution in [0.5, 0.6) is 11.5 Å². The number of fused-ring (bicyclic) bond motifs is 5. The Bertz CT molecular complexity index is 1180. The number of aromatic nitrogens is 4. The summed E-state index contributed by atoms with van der Waals surface area (Å²) >= 11 is 0. The quantitative estimate of drug-likeness (QED) is 0.672. The van der Waals surface area contributed by atoms with E-state index < -0.39 is 5.60 Å². The summed E-state index contributed by atoms with van der Waals surface area (Å²) in [4.78, 5) is 22.0. The third kappa shape index (κ3) is 1.94. The molecule has 7 nitrogen and oxygen atoms in total. The van der Waals surface area contributed by atoms with E-state index in [1.807, 2.05) is 44.2 Å². The Hall–Kier alpha value is -3.22. The molecule has 3 aromatic rings. The van der Waals surface area contributed by atoms with E-state index in [0.29, 0.717) is 46.3 Å². The minimum Gasteiger partial charge on any atom is -0.497 e. The van der Waals surface area contributed by atoms with Crippen molar-refractivity contribution in [2.45, 2.75) is 25.9 Å². The third-order valence-corrected chi connectivity index (χ3v) is 4.78. The zero-order chi connectivity index (χ0) is 18.1. The van der Waals surface area contributed by atoms with Crippen molar-refractivity contribution in [2.24, 2.45) is 0 Å². The van der Waals surface area contributed by atoms with Gasteiger partial charge in [0.05, 0.1) is 12.8 Å². The van der Waals surface area contributed by atoms with Gasteiger partial charge in [0.25, 0.3) is 11.3 Å². The summed E-state index contributed by atoms with van der Waals surface area (Å²) in [7, 11) is 1.61. The van der Waals surface area contributed by atoms with Crippen molar-refractivity contribution < 1.29 is 9.47 Å². The van der Waals surface area contributed by atoms with Gasteiger partial charge >= 0.3 is 0 Å². The molecule has 0 radical (unpaired) electrons.